The van der Waals surface area contributed by atoms with E-state index in [4.69, 9.17) is 0 Å². The molecule has 168 valence electrons. The van der Waals surface area contributed by atoms with Gasteiger partial charge in [-0.1, -0.05) is 38.5 Å². The van der Waals surface area contributed by atoms with E-state index in [2.05, 4.69) is 10.6 Å². The summed E-state index contributed by atoms with van der Waals surface area (Å²) in [6.45, 7) is 1.77. The van der Waals surface area contributed by atoms with Crippen LogP contribution in [0.1, 0.15) is 103 Å². The van der Waals surface area contributed by atoms with Gasteiger partial charge in [-0.3, -0.25) is 9.59 Å². The van der Waals surface area contributed by atoms with Gasteiger partial charge in [-0.25, -0.2) is 0 Å². The number of hydrogen-bond acceptors (Lipinski definition) is 2. The van der Waals surface area contributed by atoms with Gasteiger partial charge in [0.2, 0.25) is 11.8 Å². The summed E-state index contributed by atoms with van der Waals surface area (Å²) in [6.07, 6.45) is 19.6. The van der Waals surface area contributed by atoms with Crippen molar-refractivity contribution in [3.63, 3.8) is 0 Å². The van der Waals surface area contributed by atoms with Crippen molar-refractivity contribution in [1.82, 2.24) is 10.6 Å². The van der Waals surface area contributed by atoms with Crippen LogP contribution in [0.2, 0.25) is 0 Å². The van der Waals surface area contributed by atoms with Crippen LogP contribution in [0.25, 0.3) is 0 Å². The van der Waals surface area contributed by atoms with E-state index < -0.39 is 0 Å². The van der Waals surface area contributed by atoms with Crippen molar-refractivity contribution in [1.29, 1.82) is 0 Å². The van der Waals surface area contributed by atoms with E-state index in [0.717, 1.165) is 50.6 Å². The average Bonchev–Trinajstić information content (AvgIpc) is 2.76. The lowest BCUT2D eigenvalue weighted by Crippen LogP contribution is -2.58. The zero-order valence-corrected chi connectivity index (χ0v) is 18.9. The first-order chi connectivity index (χ1) is 14.5. The summed E-state index contributed by atoms with van der Waals surface area (Å²) < 4.78 is 0. The van der Waals surface area contributed by atoms with Crippen LogP contribution < -0.4 is 10.6 Å². The van der Waals surface area contributed by atoms with Crippen LogP contribution in [0.5, 0.6) is 0 Å². The van der Waals surface area contributed by atoms with Crippen LogP contribution in [0.4, 0.5) is 0 Å². The molecule has 6 saturated carbocycles. The molecule has 0 unspecified atom stereocenters. The molecule has 0 radical (unpaired) electrons. The zero-order valence-electron chi connectivity index (χ0n) is 18.9. The van der Waals surface area contributed by atoms with Gasteiger partial charge in [-0.05, 0) is 86.9 Å². The number of hydrogen-bond donors (Lipinski definition) is 2. The monoisotopic (exact) mass is 414 g/mol. The van der Waals surface area contributed by atoms with Crippen molar-refractivity contribution < 1.29 is 9.59 Å². The zero-order chi connectivity index (χ0) is 20.6. The van der Waals surface area contributed by atoms with E-state index in [1.165, 1.54) is 77.0 Å². The van der Waals surface area contributed by atoms with Crippen LogP contribution in [0.3, 0.4) is 0 Å². The molecule has 4 heteroatoms. The third-order valence-corrected chi connectivity index (χ3v) is 9.53. The Morgan fingerprint density at radius 2 is 1.03 bits per heavy atom. The van der Waals surface area contributed by atoms with Gasteiger partial charge in [0.15, 0.2) is 0 Å². The molecule has 30 heavy (non-hydrogen) atoms. The highest BCUT2D eigenvalue weighted by atomic mass is 16.2. The molecule has 0 aromatic heterocycles. The highest BCUT2D eigenvalue weighted by molar-refractivity contribution is 5.79. The number of carbonyl (C=O) groups excluding carboxylic acids is 2. The Labute approximate surface area is 182 Å². The van der Waals surface area contributed by atoms with Gasteiger partial charge in [0.1, 0.15) is 0 Å². The molecule has 4 nitrogen and oxygen atoms in total. The van der Waals surface area contributed by atoms with Crippen molar-refractivity contribution in [3.05, 3.63) is 0 Å². The Hall–Kier alpha value is -1.06. The topological polar surface area (TPSA) is 58.2 Å². The molecule has 6 rings (SSSR count). The van der Waals surface area contributed by atoms with E-state index >= 15 is 0 Å². The summed E-state index contributed by atoms with van der Waals surface area (Å²) in [5, 5.41) is 6.83. The van der Waals surface area contributed by atoms with E-state index in [9.17, 15) is 9.59 Å². The molecule has 0 saturated heterocycles. The molecule has 6 fully saturated rings. The maximum atomic E-state index is 12.8. The predicted octanol–water partition coefficient (Wildman–Crippen LogP) is 4.97. The Bertz CT molecular complexity index is 581. The highest BCUT2D eigenvalue weighted by Gasteiger charge is 2.57. The van der Waals surface area contributed by atoms with Gasteiger partial charge in [0, 0.05) is 24.9 Å². The van der Waals surface area contributed by atoms with E-state index in [1.54, 1.807) is 0 Å². The predicted molar refractivity (Wildman–Crippen MR) is 119 cm³/mol. The molecule has 0 aromatic carbocycles. The number of rotatable bonds is 6. The lowest BCUT2D eigenvalue weighted by molar-refractivity contribution is -0.134. The first-order valence-corrected chi connectivity index (χ1v) is 13.1. The van der Waals surface area contributed by atoms with Crippen molar-refractivity contribution >= 4 is 11.8 Å². The molecule has 2 amide bonds. The normalized spacial score (nSPS) is 39.1. The molecule has 0 atom stereocenters. The number of amides is 2. The quantitative estimate of drug-likeness (QED) is 0.645. The minimum atomic E-state index is 0.261. The fourth-order valence-electron chi connectivity index (χ4n) is 8.63. The summed E-state index contributed by atoms with van der Waals surface area (Å²) in [5.74, 6) is 2.79. The van der Waals surface area contributed by atoms with Crippen LogP contribution in [-0.4, -0.2) is 24.9 Å². The SMILES string of the molecule is O=C(NCC12CC3CC(C1)CC(CNC(=O)C1CCCCC1)(C3)C2)C1CCCCC1. The fourth-order valence-corrected chi connectivity index (χ4v) is 8.63. The van der Waals surface area contributed by atoms with Gasteiger partial charge < -0.3 is 10.6 Å². The summed E-state index contributed by atoms with van der Waals surface area (Å²) in [4.78, 5) is 25.6. The van der Waals surface area contributed by atoms with Crippen molar-refractivity contribution in [2.24, 2.45) is 34.5 Å². The second kappa shape index (κ2) is 8.47. The second-order valence-electron chi connectivity index (χ2n) is 12.1. The molecule has 0 heterocycles. The minimum absolute atomic E-state index is 0.261. The van der Waals surface area contributed by atoms with Gasteiger partial charge in [0.05, 0.1) is 0 Å². The van der Waals surface area contributed by atoms with Crippen LogP contribution in [-0.2, 0) is 9.59 Å². The smallest absolute Gasteiger partial charge is 0.223 e. The van der Waals surface area contributed by atoms with E-state index in [1.807, 2.05) is 0 Å². The Balaban J connectivity index is 1.20. The average molecular weight is 415 g/mol. The minimum Gasteiger partial charge on any atom is -0.355 e. The van der Waals surface area contributed by atoms with Crippen molar-refractivity contribution in [2.75, 3.05) is 13.1 Å². The Morgan fingerprint density at radius 3 is 1.43 bits per heavy atom. The molecular weight excluding hydrogens is 372 g/mol. The maximum absolute atomic E-state index is 12.8. The Morgan fingerprint density at radius 1 is 0.633 bits per heavy atom. The van der Waals surface area contributed by atoms with Crippen molar-refractivity contribution in [2.45, 2.75) is 103 Å². The van der Waals surface area contributed by atoms with Crippen LogP contribution >= 0.6 is 0 Å². The first-order valence-electron chi connectivity index (χ1n) is 13.1. The molecule has 0 aliphatic heterocycles. The van der Waals surface area contributed by atoms with Gasteiger partial charge in [-0.2, -0.15) is 0 Å². The Kier molecular flexibility index (Phi) is 5.88. The van der Waals surface area contributed by atoms with Gasteiger partial charge >= 0.3 is 0 Å². The molecule has 0 aromatic rings. The first kappa shape index (κ1) is 20.8. The molecular formula is C26H42N2O2. The lowest BCUT2D eigenvalue weighted by Gasteiger charge is -2.62. The molecule has 2 N–H and O–H groups in total. The van der Waals surface area contributed by atoms with Gasteiger partial charge in [-0.15, -0.1) is 0 Å². The fraction of sp³-hybridized carbons (Fsp3) is 0.923. The van der Waals surface area contributed by atoms with Crippen LogP contribution in [0, 0.1) is 34.5 Å². The molecule has 0 spiro atoms. The molecule has 4 bridgehead atoms. The summed E-state index contributed by atoms with van der Waals surface area (Å²) in [5.41, 5.74) is 0.591. The van der Waals surface area contributed by atoms with E-state index in [0.29, 0.717) is 22.6 Å². The maximum Gasteiger partial charge on any atom is 0.223 e. The third-order valence-electron chi connectivity index (χ3n) is 9.53. The largest absolute Gasteiger partial charge is 0.355 e. The third kappa shape index (κ3) is 4.30. The number of nitrogens with one attached hydrogen (secondary N) is 2. The highest BCUT2D eigenvalue weighted by Crippen LogP contribution is 2.64. The number of carbonyl (C=O) groups is 2. The van der Waals surface area contributed by atoms with Crippen molar-refractivity contribution in [3.8, 4) is 0 Å². The second-order valence-corrected chi connectivity index (χ2v) is 12.1. The van der Waals surface area contributed by atoms with Crippen LogP contribution in [0.15, 0.2) is 0 Å². The van der Waals surface area contributed by atoms with E-state index in [-0.39, 0.29) is 11.8 Å². The molecule has 6 aliphatic rings. The summed E-state index contributed by atoms with van der Waals surface area (Å²) in [6, 6.07) is 0. The standard InChI is InChI=1S/C26H42N2O2/c29-23(21-7-3-1-4-8-21)27-17-25-12-19-11-20(13-25)15-26(14-19,16-25)18-28-24(30)22-9-5-2-6-10-22/h19-22H,1-18H2,(H,27,29)(H,28,30). The summed E-state index contributed by atoms with van der Waals surface area (Å²) in [7, 11) is 0. The lowest BCUT2D eigenvalue weighted by atomic mass is 9.44. The summed E-state index contributed by atoms with van der Waals surface area (Å²) >= 11 is 0. The van der Waals surface area contributed by atoms with Gasteiger partial charge in [0.25, 0.3) is 0 Å². The molecule has 6 aliphatic carbocycles.